The van der Waals surface area contributed by atoms with E-state index >= 15 is 0 Å². The molecule has 21 heavy (non-hydrogen) atoms. The van der Waals surface area contributed by atoms with Gasteiger partial charge in [-0.2, -0.15) is 0 Å². The van der Waals surface area contributed by atoms with Crippen LogP contribution in [0.15, 0.2) is 38.2 Å². The number of hydrogen-bond donors (Lipinski definition) is 2. The zero-order valence-corrected chi connectivity index (χ0v) is 14.4. The van der Waals surface area contributed by atoms with Crippen molar-refractivity contribution in [2.75, 3.05) is 12.4 Å². The standard InChI is InChI=1S/C14H17BrN2O3S/c1-9-6-11(15)7-10(2)14(9)17-8-12-4-5-13(20-12)21(18,19)16-3/h4-7,16-17H,8H2,1-3H3. The summed E-state index contributed by atoms with van der Waals surface area (Å²) in [5.41, 5.74) is 3.24. The van der Waals surface area contributed by atoms with E-state index in [1.807, 2.05) is 26.0 Å². The predicted octanol–water partition coefficient (Wildman–Crippen LogP) is 3.18. The molecule has 0 aliphatic carbocycles. The van der Waals surface area contributed by atoms with Crippen molar-refractivity contribution < 1.29 is 12.8 Å². The van der Waals surface area contributed by atoms with E-state index in [9.17, 15) is 8.42 Å². The van der Waals surface area contributed by atoms with E-state index in [4.69, 9.17) is 4.42 Å². The van der Waals surface area contributed by atoms with Crippen molar-refractivity contribution in [2.45, 2.75) is 25.5 Å². The maximum absolute atomic E-state index is 11.6. The van der Waals surface area contributed by atoms with Crippen molar-refractivity contribution in [3.63, 3.8) is 0 Å². The summed E-state index contributed by atoms with van der Waals surface area (Å²) in [6, 6.07) is 7.15. The van der Waals surface area contributed by atoms with Gasteiger partial charge in [-0.15, -0.1) is 0 Å². The van der Waals surface area contributed by atoms with Crippen LogP contribution in [0.5, 0.6) is 0 Å². The van der Waals surface area contributed by atoms with Gasteiger partial charge >= 0.3 is 0 Å². The molecule has 0 saturated heterocycles. The first-order valence-corrected chi connectivity index (χ1v) is 8.64. The number of aryl methyl sites for hydroxylation is 2. The molecule has 1 aromatic carbocycles. The first-order valence-electron chi connectivity index (χ1n) is 6.36. The number of sulfonamides is 1. The van der Waals surface area contributed by atoms with E-state index in [1.165, 1.54) is 13.1 Å². The van der Waals surface area contributed by atoms with Crippen LogP contribution < -0.4 is 10.0 Å². The molecule has 0 unspecified atom stereocenters. The number of furan rings is 1. The highest BCUT2D eigenvalue weighted by molar-refractivity contribution is 9.10. The normalized spacial score (nSPS) is 11.6. The second kappa shape index (κ2) is 6.21. The third kappa shape index (κ3) is 3.66. The lowest BCUT2D eigenvalue weighted by atomic mass is 10.1. The van der Waals surface area contributed by atoms with Gasteiger partial charge in [0.15, 0.2) is 0 Å². The third-order valence-corrected chi connectivity index (χ3v) is 4.85. The van der Waals surface area contributed by atoms with Crippen LogP contribution in [0, 0.1) is 13.8 Å². The van der Waals surface area contributed by atoms with Crippen molar-refractivity contribution in [2.24, 2.45) is 0 Å². The Bertz CT molecular complexity index is 730. The molecule has 0 saturated carbocycles. The molecule has 0 bridgehead atoms. The summed E-state index contributed by atoms with van der Waals surface area (Å²) in [5.74, 6) is 0.561. The monoisotopic (exact) mass is 372 g/mol. The molecule has 2 aromatic rings. The number of rotatable bonds is 5. The van der Waals surface area contributed by atoms with Gasteiger partial charge in [0.2, 0.25) is 5.09 Å². The maximum Gasteiger partial charge on any atom is 0.273 e. The Hall–Kier alpha value is -1.31. The highest BCUT2D eigenvalue weighted by Crippen LogP contribution is 2.26. The van der Waals surface area contributed by atoms with E-state index in [-0.39, 0.29) is 5.09 Å². The molecule has 0 aliphatic heterocycles. The van der Waals surface area contributed by atoms with Crippen LogP contribution in [0.4, 0.5) is 5.69 Å². The van der Waals surface area contributed by atoms with Gasteiger partial charge in [0.25, 0.3) is 10.0 Å². The predicted molar refractivity (Wildman–Crippen MR) is 85.9 cm³/mol. The highest BCUT2D eigenvalue weighted by Gasteiger charge is 2.16. The Balaban J connectivity index is 2.15. The Morgan fingerprint density at radius 1 is 1.19 bits per heavy atom. The van der Waals surface area contributed by atoms with E-state index in [0.717, 1.165) is 21.3 Å². The van der Waals surface area contributed by atoms with Gasteiger partial charge in [0, 0.05) is 10.2 Å². The Labute approximate surface area is 132 Å². The smallest absolute Gasteiger partial charge is 0.273 e. The lowest BCUT2D eigenvalue weighted by molar-refractivity contribution is 0.417. The molecule has 7 heteroatoms. The molecule has 0 aliphatic rings. The number of anilines is 1. The second-order valence-electron chi connectivity index (χ2n) is 4.70. The Kier molecular flexibility index (Phi) is 4.75. The number of hydrogen-bond acceptors (Lipinski definition) is 4. The minimum absolute atomic E-state index is 0.0777. The minimum atomic E-state index is -3.53. The largest absolute Gasteiger partial charge is 0.446 e. The van der Waals surface area contributed by atoms with Gasteiger partial charge in [0.05, 0.1) is 6.54 Å². The van der Waals surface area contributed by atoms with Crippen molar-refractivity contribution >= 4 is 31.6 Å². The van der Waals surface area contributed by atoms with E-state index in [0.29, 0.717) is 12.3 Å². The van der Waals surface area contributed by atoms with E-state index in [1.54, 1.807) is 6.07 Å². The summed E-state index contributed by atoms with van der Waals surface area (Å²) in [4.78, 5) is 0. The topological polar surface area (TPSA) is 71.3 Å². The Morgan fingerprint density at radius 3 is 2.38 bits per heavy atom. The lowest BCUT2D eigenvalue weighted by Crippen LogP contribution is -2.17. The molecule has 0 fully saturated rings. The van der Waals surface area contributed by atoms with Gasteiger partial charge < -0.3 is 9.73 Å². The number of halogens is 1. The number of nitrogens with one attached hydrogen (secondary N) is 2. The van der Waals surface area contributed by atoms with Crippen LogP contribution in [0.2, 0.25) is 0 Å². The fourth-order valence-electron chi connectivity index (χ4n) is 2.06. The van der Waals surface area contributed by atoms with Crippen molar-refractivity contribution in [3.05, 3.63) is 45.6 Å². The van der Waals surface area contributed by atoms with Crippen LogP contribution >= 0.6 is 15.9 Å². The SMILES string of the molecule is CNS(=O)(=O)c1ccc(CNc2c(C)cc(Br)cc2C)o1. The summed E-state index contributed by atoms with van der Waals surface area (Å²) in [6.45, 7) is 4.45. The first-order chi connectivity index (χ1) is 9.83. The van der Waals surface area contributed by atoms with Gasteiger partial charge in [-0.25, -0.2) is 13.1 Å². The fraction of sp³-hybridized carbons (Fsp3) is 0.286. The van der Waals surface area contributed by atoms with E-state index in [2.05, 4.69) is 26.0 Å². The lowest BCUT2D eigenvalue weighted by Gasteiger charge is -2.12. The average molecular weight is 373 g/mol. The molecule has 2 N–H and O–H groups in total. The molecule has 0 amide bonds. The quantitative estimate of drug-likeness (QED) is 0.845. The highest BCUT2D eigenvalue weighted by atomic mass is 79.9. The molecule has 0 spiro atoms. The molecule has 2 rings (SSSR count). The average Bonchev–Trinajstić information content (AvgIpc) is 2.87. The van der Waals surface area contributed by atoms with Gasteiger partial charge in [-0.3, -0.25) is 0 Å². The minimum Gasteiger partial charge on any atom is -0.446 e. The summed E-state index contributed by atoms with van der Waals surface area (Å²) in [5, 5.41) is 3.20. The van der Waals surface area contributed by atoms with Crippen LogP contribution in [0.3, 0.4) is 0 Å². The molecule has 0 radical (unpaired) electrons. The van der Waals surface area contributed by atoms with Gasteiger partial charge in [-0.1, -0.05) is 15.9 Å². The molecule has 114 valence electrons. The van der Waals surface area contributed by atoms with Crippen molar-refractivity contribution in [3.8, 4) is 0 Å². The third-order valence-electron chi connectivity index (χ3n) is 3.11. The molecule has 1 heterocycles. The fourth-order valence-corrected chi connectivity index (χ4v) is 3.42. The molecular formula is C14H17BrN2O3S. The van der Waals surface area contributed by atoms with Crippen molar-refractivity contribution in [1.82, 2.24) is 4.72 Å². The second-order valence-corrected chi connectivity index (χ2v) is 7.43. The maximum atomic E-state index is 11.6. The molecule has 5 nitrogen and oxygen atoms in total. The number of benzene rings is 1. The van der Waals surface area contributed by atoms with E-state index < -0.39 is 10.0 Å². The zero-order chi connectivity index (χ0) is 15.6. The molecule has 1 aromatic heterocycles. The Morgan fingerprint density at radius 2 is 1.81 bits per heavy atom. The first kappa shape index (κ1) is 16.1. The summed E-state index contributed by atoms with van der Waals surface area (Å²) in [6.07, 6.45) is 0. The van der Waals surface area contributed by atoms with Crippen LogP contribution in [-0.4, -0.2) is 15.5 Å². The molecule has 0 atom stereocenters. The zero-order valence-electron chi connectivity index (χ0n) is 12.0. The van der Waals surface area contributed by atoms with Crippen LogP contribution in [0.25, 0.3) is 0 Å². The van der Waals surface area contributed by atoms with Crippen LogP contribution in [0.1, 0.15) is 16.9 Å². The van der Waals surface area contributed by atoms with Crippen LogP contribution in [-0.2, 0) is 16.6 Å². The van der Waals surface area contributed by atoms with Gasteiger partial charge in [0.1, 0.15) is 5.76 Å². The van der Waals surface area contributed by atoms with Crippen molar-refractivity contribution in [1.29, 1.82) is 0 Å². The summed E-state index contributed by atoms with van der Waals surface area (Å²) >= 11 is 3.46. The summed E-state index contributed by atoms with van der Waals surface area (Å²) < 4.78 is 31.8. The molecular weight excluding hydrogens is 356 g/mol. The summed E-state index contributed by atoms with van der Waals surface area (Å²) in [7, 11) is -2.18. The van der Waals surface area contributed by atoms with Gasteiger partial charge in [-0.05, 0) is 56.3 Å².